The summed E-state index contributed by atoms with van der Waals surface area (Å²) < 4.78 is 69.8. The van der Waals surface area contributed by atoms with Crippen LogP contribution in [-0.4, -0.2) is 12.8 Å². The van der Waals surface area contributed by atoms with Gasteiger partial charge in [0.25, 0.3) is 0 Å². The Bertz CT molecular complexity index is 791. The van der Waals surface area contributed by atoms with Crippen molar-refractivity contribution in [1.29, 1.82) is 0 Å². The molecule has 1 aliphatic rings. The van der Waals surface area contributed by atoms with Crippen LogP contribution in [0, 0.1) is 17.6 Å². The quantitative estimate of drug-likeness (QED) is 0.497. The number of ether oxygens (including phenoxy) is 1. The fraction of sp³-hybridized carbons (Fsp3) is 0.524. The van der Waals surface area contributed by atoms with Gasteiger partial charge in [-0.1, -0.05) is 38.0 Å². The third kappa shape index (κ3) is 4.71. The minimum Gasteiger partial charge on any atom is -0.478 e. The molecule has 3 rings (SSSR count). The van der Waals surface area contributed by atoms with Gasteiger partial charge in [-0.15, -0.1) is 0 Å². The summed E-state index contributed by atoms with van der Waals surface area (Å²) in [4.78, 5) is 0. The highest BCUT2D eigenvalue weighted by atomic mass is 19.4. The predicted molar refractivity (Wildman–Crippen MR) is 95.0 cm³/mol. The lowest BCUT2D eigenvalue weighted by atomic mass is 9.77. The normalized spacial score (nSPS) is 20.8. The van der Waals surface area contributed by atoms with Gasteiger partial charge in [0.1, 0.15) is 0 Å². The Kier molecular flexibility index (Phi) is 5.92. The molecule has 2 aromatic carbocycles. The SMILES string of the molecule is CCCC1CCC(c2ccc3c(F)c(OCC(F)(F)F)c(F)cc3c2)CC1. The van der Waals surface area contributed by atoms with Gasteiger partial charge in [0, 0.05) is 5.39 Å². The van der Waals surface area contributed by atoms with Crippen LogP contribution in [0.1, 0.15) is 56.9 Å². The van der Waals surface area contributed by atoms with Crippen LogP contribution in [0.4, 0.5) is 22.0 Å². The average molecular weight is 386 g/mol. The van der Waals surface area contributed by atoms with Crippen molar-refractivity contribution < 1.29 is 26.7 Å². The first kappa shape index (κ1) is 19.9. The number of benzene rings is 2. The van der Waals surface area contributed by atoms with Crippen molar-refractivity contribution >= 4 is 10.8 Å². The maximum absolute atomic E-state index is 14.5. The molecule has 0 bridgehead atoms. The molecule has 2 aromatic rings. The topological polar surface area (TPSA) is 9.23 Å². The van der Waals surface area contributed by atoms with E-state index in [1.54, 1.807) is 12.1 Å². The van der Waals surface area contributed by atoms with E-state index in [0.29, 0.717) is 11.3 Å². The van der Waals surface area contributed by atoms with Gasteiger partial charge in [-0.25, -0.2) is 8.78 Å². The van der Waals surface area contributed by atoms with Crippen LogP contribution >= 0.6 is 0 Å². The van der Waals surface area contributed by atoms with Crippen molar-refractivity contribution in [2.45, 2.75) is 57.5 Å². The standard InChI is InChI=1S/C21H23F5O/c1-2-3-13-4-6-14(7-5-13)15-8-9-17-16(10-15)11-18(22)20(19(17)23)27-12-21(24,25)26/h8-11,13-14H,2-7,12H2,1H3. The van der Waals surface area contributed by atoms with E-state index in [1.165, 1.54) is 18.9 Å². The molecule has 0 aromatic heterocycles. The Morgan fingerprint density at radius 3 is 2.37 bits per heavy atom. The fourth-order valence-corrected chi connectivity index (χ4v) is 4.06. The van der Waals surface area contributed by atoms with Crippen LogP contribution in [0.3, 0.4) is 0 Å². The molecule has 27 heavy (non-hydrogen) atoms. The zero-order valence-corrected chi connectivity index (χ0v) is 15.2. The van der Waals surface area contributed by atoms with Gasteiger partial charge in [-0.05, 0) is 54.5 Å². The van der Waals surface area contributed by atoms with Crippen LogP contribution in [0.25, 0.3) is 10.8 Å². The summed E-state index contributed by atoms with van der Waals surface area (Å²) in [6.45, 7) is 0.455. The van der Waals surface area contributed by atoms with E-state index in [9.17, 15) is 22.0 Å². The number of alkyl halides is 3. The molecule has 6 heteroatoms. The van der Waals surface area contributed by atoms with E-state index in [0.717, 1.165) is 43.2 Å². The van der Waals surface area contributed by atoms with Gasteiger partial charge in [-0.3, -0.25) is 0 Å². The number of hydrogen-bond donors (Lipinski definition) is 0. The Morgan fingerprint density at radius 1 is 1.04 bits per heavy atom. The molecule has 1 nitrogen and oxygen atoms in total. The summed E-state index contributed by atoms with van der Waals surface area (Å²) >= 11 is 0. The van der Waals surface area contributed by atoms with Gasteiger partial charge >= 0.3 is 6.18 Å². The Hall–Kier alpha value is -1.85. The summed E-state index contributed by atoms with van der Waals surface area (Å²) in [6.07, 6.45) is 2.17. The van der Waals surface area contributed by atoms with Gasteiger partial charge in [0.05, 0.1) is 0 Å². The second-order valence-electron chi connectivity index (χ2n) is 7.39. The van der Waals surface area contributed by atoms with Crippen molar-refractivity contribution in [2.75, 3.05) is 6.61 Å². The molecule has 0 unspecified atom stereocenters. The van der Waals surface area contributed by atoms with Crippen molar-refractivity contribution in [2.24, 2.45) is 5.92 Å². The Labute approximate surface area is 155 Å². The first-order valence-corrected chi connectivity index (χ1v) is 9.39. The second-order valence-corrected chi connectivity index (χ2v) is 7.39. The summed E-state index contributed by atoms with van der Waals surface area (Å²) in [5.41, 5.74) is 1.03. The summed E-state index contributed by atoms with van der Waals surface area (Å²) in [6, 6.07) is 6.11. The molecule has 0 atom stereocenters. The van der Waals surface area contributed by atoms with E-state index in [1.807, 2.05) is 0 Å². The molecule has 0 heterocycles. The first-order valence-electron chi connectivity index (χ1n) is 9.39. The van der Waals surface area contributed by atoms with Crippen LogP contribution in [0.2, 0.25) is 0 Å². The van der Waals surface area contributed by atoms with E-state index in [4.69, 9.17) is 0 Å². The largest absolute Gasteiger partial charge is 0.478 e. The van der Waals surface area contributed by atoms with Crippen molar-refractivity contribution in [1.82, 2.24) is 0 Å². The minimum absolute atomic E-state index is 0.0667. The highest BCUT2D eigenvalue weighted by Gasteiger charge is 2.30. The van der Waals surface area contributed by atoms with Crippen LogP contribution in [0.15, 0.2) is 24.3 Å². The molecule has 0 aliphatic heterocycles. The van der Waals surface area contributed by atoms with Gasteiger partial charge in [0.2, 0.25) is 0 Å². The maximum atomic E-state index is 14.5. The molecule has 1 saturated carbocycles. The molecule has 0 spiro atoms. The zero-order chi connectivity index (χ0) is 19.6. The molecular weight excluding hydrogens is 363 g/mol. The second kappa shape index (κ2) is 8.03. The van der Waals surface area contributed by atoms with E-state index < -0.39 is 30.2 Å². The third-order valence-corrected chi connectivity index (χ3v) is 5.41. The van der Waals surface area contributed by atoms with E-state index in [2.05, 4.69) is 11.7 Å². The third-order valence-electron chi connectivity index (χ3n) is 5.41. The summed E-state index contributed by atoms with van der Waals surface area (Å²) in [7, 11) is 0. The summed E-state index contributed by atoms with van der Waals surface area (Å²) in [5, 5.41) is 0.412. The van der Waals surface area contributed by atoms with Crippen molar-refractivity contribution in [3.63, 3.8) is 0 Å². The van der Waals surface area contributed by atoms with Crippen molar-refractivity contribution in [3.8, 4) is 5.75 Å². The van der Waals surface area contributed by atoms with E-state index >= 15 is 0 Å². The van der Waals surface area contributed by atoms with Crippen LogP contribution < -0.4 is 4.74 Å². The monoisotopic (exact) mass is 386 g/mol. The highest BCUT2D eigenvalue weighted by molar-refractivity contribution is 5.85. The molecule has 148 valence electrons. The first-order chi connectivity index (χ1) is 12.8. The number of fused-ring (bicyclic) bond motifs is 1. The van der Waals surface area contributed by atoms with Crippen LogP contribution in [-0.2, 0) is 0 Å². The van der Waals surface area contributed by atoms with Crippen LogP contribution in [0.5, 0.6) is 5.75 Å². The average Bonchev–Trinajstić information content (AvgIpc) is 2.61. The lowest BCUT2D eigenvalue weighted by Gasteiger charge is -2.28. The highest BCUT2D eigenvalue weighted by Crippen LogP contribution is 2.39. The van der Waals surface area contributed by atoms with E-state index in [-0.39, 0.29) is 5.39 Å². The molecule has 1 fully saturated rings. The maximum Gasteiger partial charge on any atom is 0.422 e. The molecule has 1 aliphatic carbocycles. The molecule has 0 N–H and O–H groups in total. The lowest BCUT2D eigenvalue weighted by molar-refractivity contribution is -0.154. The Morgan fingerprint density at radius 2 is 1.74 bits per heavy atom. The Balaban J connectivity index is 1.82. The smallest absolute Gasteiger partial charge is 0.422 e. The van der Waals surface area contributed by atoms with Gasteiger partial charge in [0.15, 0.2) is 24.0 Å². The van der Waals surface area contributed by atoms with Gasteiger partial charge < -0.3 is 4.74 Å². The lowest BCUT2D eigenvalue weighted by Crippen LogP contribution is -2.20. The molecule has 0 amide bonds. The molecule has 0 saturated heterocycles. The summed E-state index contributed by atoms with van der Waals surface area (Å²) in [5.74, 6) is -2.07. The zero-order valence-electron chi connectivity index (χ0n) is 15.2. The molecule has 0 radical (unpaired) electrons. The number of halogens is 5. The van der Waals surface area contributed by atoms with Gasteiger partial charge in [-0.2, -0.15) is 13.2 Å². The number of rotatable bonds is 5. The fourth-order valence-electron chi connectivity index (χ4n) is 4.06. The predicted octanol–water partition coefficient (Wildman–Crippen LogP) is 7.13. The van der Waals surface area contributed by atoms with Crippen molar-refractivity contribution in [3.05, 3.63) is 41.5 Å². The minimum atomic E-state index is -4.66. The molecular formula is C21H23F5O. The number of hydrogen-bond acceptors (Lipinski definition) is 1.